The molecule has 0 saturated carbocycles. The number of hydrogen-bond donors (Lipinski definition) is 2. The second-order valence-electron chi connectivity index (χ2n) is 6.41. The Hall–Kier alpha value is -2.49. The molecule has 2 aromatic rings. The normalized spacial score (nSPS) is 23.5. The zero-order valence-corrected chi connectivity index (χ0v) is 13.3. The van der Waals surface area contributed by atoms with Crippen LogP contribution in [0.15, 0.2) is 52.1 Å². The molecule has 0 fully saturated rings. The number of allylic oxidation sites excluding steroid dienone is 1. The number of Topliss-reactive ketones (excluding diaryl/α,β-unsaturated/α-hetero) is 1. The van der Waals surface area contributed by atoms with Crippen LogP contribution in [0.5, 0.6) is 0 Å². The van der Waals surface area contributed by atoms with E-state index in [9.17, 15) is 4.79 Å². The summed E-state index contributed by atoms with van der Waals surface area (Å²) in [7, 11) is 0. The van der Waals surface area contributed by atoms with Crippen LogP contribution in [0.3, 0.4) is 0 Å². The van der Waals surface area contributed by atoms with Crippen LogP contribution in [0.1, 0.15) is 37.2 Å². The number of furan rings is 1. The lowest BCUT2D eigenvalue weighted by Crippen LogP contribution is -2.29. The molecule has 2 unspecified atom stereocenters. The number of ketones is 1. The fourth-order valence-corrected chi connectivity index (χ4v) is 3.61. The predicted octanol–water partition coefficient (Wildman–Crippen LogP) is 4.21. The average molecular weight is 308 g/mol. The summed E-state index contributed by atoms with van der Waals surface area (Å²) in [6.07, 6.45) is 1.31. The van der Waals surface area contributed by atoms with Crippen molar-refractivity contribution in [3.8, 4) is 0 Å². The van der Waals surface area contributed by atoms with E-state index in [4.69, 9.17) is 4.42 Å². The molecule has 2 aliphatic rings. The number of rotatable bonds is 1. The van der Waals surface area contributed by atoms with Crippen molar-refractivity contribution in [2.24, 2.45) is 0 Å². The molecule has 1 aliphatic heterocycles. The van der Waals surface area contributed by atoms with Gasteiger partial charge >= 0.3 is 0 Å². The number of carbonyl (C=O) groups excluding carboxylic acids is 1. The number of nitrogens with one attached hydrogen (secondary N) is 2. The molecule has 4 nitrogen and oxygen atoms in total. The van der Waals surface area contributed by atoms with Crippen molar-refractivity contribution in [2.45, 2.75) is 38.6 Å². The van der Waals surface area contributed by atoms with Crippen LogP contribution in [0.4, 0.5) is 11.4 Å². The van der Waals surface area contributed by atoms with Gasteiger partial charge in [0.25, 0.3) is 0 Å². The molecule has 0 bridgehead atoms. The monoisotopic (exact) mass is 308 g/mol. The Morgan fingerprint density at radius 2 is 1.87 bits per heavy atom. The van der Waals surface area contributed by atoms with E-state index < -0.39 is 0 Å². The highest BCUT2D eigenvalue weighted by atomic mass is 16.3. The number of fused-ring (bicyclic) bond motifs is 1. The minimum Gasteiger partial charge on any atom is -0.466 e. The summed E-state index contributed by atoms with van der Waals surface area (Å²) >= 11 is 0. The van der Waals surface area contributed by atoms with E-state index in [-0.39, 0.29) is 17.7 Å². The molecule has 1 aromatic carbocycles. The summed E-state index contributed by atoms with van der Waals surface area (Å²) in [5, 5.41) is 6.93. The largest absolute Gasteiger partial charge is 0.466 e. The van der Waals surface area contributed by atoms with Gasteiger partial charge in [0, 0.05) is 23.6 Å². The lowest BCUT2D eigenvalue weighted by Gasteiger charge is -2.27. The first-order valence-electron chi connectivity index (χ1n) is 8.07. The second kappa shape index (κ2) is 5.30. The molecule has 2 heterocycles. The lowest BCUT2D eigenvalue weighted by molar-refractivity contribution is -0.116. The maximum atomic E-state index is 12.8. The smallest absolute Gasteiger partial charge is 0.163 e. The van der Waals surface area contributed by atoms with Crippen LogP contribution >= 0.6 is 0 Å². The number of anilines is 2. The van der Waals surface area contributed by atoms with Gasteiger partial charge < -0.3 is 15.1 Å². The Bertz CT molecular complexity index is 803. The quantitative estimate of drug-likeness (QED) is 0.828. The molecule has 0 saturated heterocycles. The minimum absolute atomic E-state index is 0.00735. The van der Waals surface area contributed by atoms with Gasteiger partial charge in [0.1, 0.15) is 11.5 Å². The SMILES string of the molecule is Cc1ccc(C2CC(=O)C3=C(C2)Nc2ccccc2NC3C)o1. The maximum Gasteiger partial charge on any atom is 0.163 e. The lowest BCUT2D eigenvalue weighted by atomic mass is 9.82. The molecule has 2 atom stereocenters. The van der Waals surface area contributed by atoms with Gasteiger partial charge in [-0.25, -0.2) is 0 Å². The molecule has 1 aromatic heterocycles. The van der Waals surface area contributed by atoms with Crippen molar-refractivity contribution in [2.75, 3.05) is 10.6 Å². The van der Waals surface area contributed by atoms with Crippen molar-refractivity contribution in [1.29, 1.82) is 0 Å². The molecular formula is C19H20N2O2. The number of hydrogen-bond acceptors (Lipinski definition) is 4. The maximum absolute atomic E-state index is 12.8. The molecule has 4 heteroatoms. The van der Waals surface area contributed by atoms with Gasteiger partial charge in [-0.05, 0) is 44.5 Å². The first kappa shape index (κ1) is 14.1. The molecule has 0 spiro atoms. The average Bonchev–Trinajstić information content (AvgIpc) is 2.88. The van der Waals surface area contributed by atoms with Gasteiger partial charge in [0.2, 0.25) is 0 Å². The van der Waals surface area contributed by atoms with Gasteiger partial charge in [-0.1, -0.05) is 12.1 Å². The molecule has 0 radical (unpaired) electrons. The third-order valence-electron chi connectivity index (χ3n) is 4.69. The third-order valence-corrected chi connectivity index (χ3v) is 4.69. The minimum atomic E-state index is 0.00735. The summed E-state index contributed by atoms with van der Waals surface area (Å²) in [5.74, 6) is 2.11. The highest BCUT2D eigenvalue weighted by Gasteiger charge is 2.34. The van der Waals surface area contributed by atoms with Crippen LogP contribution in [-0.2, 0) is 4.79 Å². The van der Waals surface area contributed by atoms with Crippen molar-refractivity contribution < 1.29 is 9.21 Å². The van der Waals surface area contributed by atoms with E-state index in [0.717, 1.165) is 40.6 Å². The van der Waals surface area contributed by atoms with Crippen LogP contribution in [-0.4, -0.2) is 11.8 Å². The number of benzene rings is 1. The molecule has 2 N–H and O–H groups in total. The van der Waals surface area contributed by atoms with Crippen LogP contribution in [0.25, 0.3) is 0 Å². The Labute approximate surface area is 135 Å². The van der Waals surface area contributed by atoms with Gasteiger partial charge in [-0.15, -0.1) is 0 Å². The highest BCUT2D eigenvalue weighted by Crippen LogP contribution is 2.40. The highest BCUT2D eigenvalue weighted by molar-refractivity contribution is 6.00. The summed E-state index contributed by atoms with van der Waals surface area (Å²) in [5.41, 5.74) is 3.95. The number of aryl methyl sites for hydroxylation is 1. The summed E-state index contributed by atoms with van der Waals surface area (Å²) in [6, 6.07) is 12.0. The van der Waals surface area contributed by atoms with Gasteiger partial charge in [-0.2, -0.15) is 0 Å². The van der Waals surface area contributed by atoms with Crippen LogP contribution in [0, 0.1) is 6.92 Å². The Morgan fingerprint density at radius 1 is 1.09 bits per heavy atom. The summed E-state index contributed by atoms with van der Waals surface area (Å²) in [6.45, 7) is 3.99. The molecule has 23 heavy (non-hydrogen) atoms. The standard InChI is InChI=1S/C19H20N2O2/c1-11-7-8-18(23-11)13-9-16-19(17(22)10-13)12(2)20-14-5-3-4-6-15(14)21-16/h3-8,12-13,20-21H,9-10H2,1-2H3. The predicted molar refractivity (Wildman–Crippen MR) is 90.6 cm³/mol. The third kappa shape index (κ3) is 2.44. The Kier molecular flexibility index (Phi) is 3.26. The molecule has 118 valence electrons. The van der Waals surface area contributed by atoms with Gasteiger partial charge in [0.05, 0.1) is 17.4 Å². The molecule has 4 rings (SSSR count). The number of para-hydroxylation sites is 2. The molecule has 1 aliphatic carbocycles. The van der Waals surface area contributed by atoms with Gasteiger partial charge in [0.15, 0.2) is 5.78 Å². The fourth-order valence-electron chi connectivity index (χ4n) is 3.61. The summed E-state index contributed by atoms with van der Waals surface area (Å²) < 4.78 is 5.76. The van der Waals surface area contributed by atoms with E-state index in [2.05, 4.69) is 10.6 Å². The summed E-state index contributed by atoms with van der Waals surface area (Å²) in [4.78, 5) is 12.8. The van der Waals surface area contributed by atoms with Crippen LogP contribution < -0.4 is 10.6 Å². The zero-order valence-electron chi connectivity index (χ0n) is 13.3. The topological polar surface area (TPSA) is 54.3 Å². The second-order valence-corrected chi connectivity index (χ2v) is 6.41. The van der Waals surface area contributed by atoms with E-state index in [1.54, 1.807) is 0 Å². The van der Waals surface area contributed by atoms with Crippen molar-refractivity contribution in [1.82, 2.24) is 0 Å². The van der Waals surface area contributed by atoms with E-state index in [0.29, 0.717) is 6.42 Å². The Morgan fingerprint density at radius 3 is 2.61 bits per heavy atom. The molecular weight excluding hydrogens is 288 g/mol. The van der Waals surface area contributed by atoms with Crippen LogP contribution in [0.2, 0.25) is 0 Å². The van der Waals surface area contributed by atoms with E-state index in [1.165, 1.54) is 0 Å². The van der Waals surface area contributed by atoms with Crippen molar-refractivity contribution in [3.05, 3.63) is 59.2 Å². The van der Waals surface area contributed by atoms with Crippen molar-refractivity contribution in [3.63, 3.8) is 0 Å². The zero-order chi connectivity index (χ0) is 16.0. The van der Waals surface area contributed by atoms with Crippen molar-refractivity contribution >= 4 is 17.2 Å². The Balaban J connectivity index is 1.72. The first-order chi connectivity index (χ1) is 11.1. The van der Waals surface area contributed by atoms with E-state index in [1.807, 2.05) is 50.2 Å². The van der Waals surface area contributed by atoms with Gasteiger partial charge in [-0.3, -0.25) is 4.79 Å². The number of carbonyl (C=O) groups is 1. The molecule has 0 amide bonds. The fraction of sp³-hybridized carbons (Fsp3) is 0.316. The van der Waals surface area contributed by atoms with E-state index >= 15 is 0 Å². The first-order valence-corrected chi connectivity index (χ1v) is 8.07.